The Kier molecular flexibility index (Phi) is 4.52. The molecule has 0 radical (unpaired) electrons. The Morgan fingerprint density at radius 3 is 2.95 bits per heavy atom. The molecule has 1 saturated carbocycles. The number of thiophene rings is 1. The Labute approximate surface area is 124 Å². The highest BCUT2D eigenvalue weighted by molar-refractivity contribution is 7.14. The minimum absolute atomic E-state index is 0.00452. The summed E-state index contributed by atoms with van der Waals surface area (Å²) in [6, 6.07) is 2.13. The van der Waals surface area contributed by atoms with Gasteiger partial charge in [0.15, 0.2) is 0 Å². The maximum atomic E-state index is 12.3. The van der Waals surface area contributed by atoms with E-state index in [0.717, 1.165) is 23.3 Å². The van der Waals surface area contributed by atoms with Crippen LogP contribution in [0.2, 0.25) is 0 Å². The van der Waals surface area contributed by atoms with Crippen molar-refractivity contribution in [1.82, 2.24) is 5.32 Å². The van der Waals surface area contributed by atoms with Crippen LogP contribution < -0.4 is 5.32 Å². The lowest BCUT2D eigenvalue weighted by atomic mass is 9.87. The summed E-state index contributed by atoms with van der Waals surface area (Å²) in [5.41, 5.74) is 1.17. The molecule has 1 aromatic heterocycles. The van der Waals surface area contributed by atoms with Gasteiger partial charge in [-0.3, -0.25) is 4.79 Å². The number of carbonyl (C=O) groups excluding carboxylic acids is 1. The number of amides is 1. The quantitative estimate of drug-likeness (QED) is 0.823. The van der Waals surface area contributed by atoms with Crippen LogP contribution in [0.25, 0.3) is 0 Å². The third-order valence-electron chi connectivity index (χ3n) is 3.99. The van der Waals surface area contributed by atoms with E-state index in [4.69, 9.17) is 5.11 Å². The maximum Gasteiger partial charge on any atom is 0.261 e. The van der Waals surface area contributed by atoms with Gasteiger partial charge in [0.05, 0.1) is 9.75 Å². The zero-order chi connectivity index (χ0) is 14.8. The molecule has 0 aromatic carbocycles. The zero-order valence-electron chi connectivity index (χ0n) is 12.2. The van der Waals surface area contributed by atoms with Crippen LogP contribution in [0.3, 0.4) is 0 Å². The minimum Gasteiger partial charge on any atom is -0.384 e. The number of carbonyl (C=O) groups is 1. The second-order valence-corrected chi connectivity index (χ2v) is 7.04. The average molecular weight is 291 g/mol. The van der Waals surface area contributed by atoms with Gasteiger partial charge in [-0.1, -0.05) is 32.1 Å². The van der Waals surface area contributed by atoms with Gasteiger partial charge in [-0.25, -0.2) is 0 Å². The highest BCUT2D eigenvalue weighted by Crippen LogP contribution is 2.37. The number of hydrogen-bond donors (Lipinski definition) is 2. The first-order valence-electron chi connectivity index (χ1n) is 6.95. The van der Waals surface area contributed by atoms with Crippen molar-refractivity contribution >= 4 is 17.2 Å². The maximum absolute atomic E-state index is 12.3. The van der Waals surface area contributed by atoms with Crippen LogP contribution in [-0.2, 0) is 0 Å². The summed E-state index contributed by atoms with van der Waals surface area (Å²) in [5.74, 6) is 5.51. The molecule has 0 spiro atoms. The van der Waals surface area contributed by atoms with Crippen molar-refractivity contribution in [2.24, 2.45) is 5.41 Å². The number of nitrogens with one attached hydrogen (secondary N) is 1. The lowest BCUT2D eigenvalue weighted by Crippen LogP contribution is -2.41. The highest BCUT2D eigenvalue weighted by Gasteiger charge is 2.35. The van der Waals surface area contributed by atoms with Crippen LogP contribution in [0, 0.1) is 24.2 Å². The van der Waals surface area contributed by atoms with Gasteiger partial charge in [0, 0.05) is 6.04 Å². The fraction of sp³-hybridized carbons (Fsp3) is 0.562. The first-order valence-corrected chi connectivity index (χ1v) is 7.77. The van der Waals surface area contributed by atoms with Crippen LogP contribution in [0.15, 0.2) is 6.07 Å². The van der Waals surface area contributed by atoms with Gasteiger partial charge >= 0.3 is 0 Å². The van der Waals surface area contributed by atoms with Crippen LogP contribution in [-0.4, -0.2) is 23.7 Å². The van der Waals surface area contributed by atoms with Crippen molar-refractivity contribution in [3.63, 3.8) is 0 Å². The molecule has 1 aliphatic carbocycles. The van der Waals surface area contributed by atoms with Gasteiger partial charge in [0.2, 0.25) is 0 Å². The van der Waals surface area contributed by atoms with E-state index in [9.17, 15) is 4.79 Å². The SMILES string of the molecule is Cc1cc(C(=O)NC2CCCC2(C)C)sc1C#CCO. The molecule has 108 valence electrons. The molecule has 4 heteroatoms. The van der Waals surface area contributed by atoms with Crippen molar-refractivity contribution < 1.29 is 9.90 Å². The molecule has 1 unspecified atom stereocenters. The molecular formula is C16H21NO2S. The molecule has 0 bridgehead atoms. The molecule has 1 fully saturated rings. The van der Waals surface area contributed by atoms with E-state index in [0.29, 0.717) is 4.88 Å². The first kappa shape index (κ1) is 15.1. The summed E-state index contributed by atoms with van der Waals surface area (Å²) in [6.45, 7) is 6.20. The second-order valence-electron chi connectivity index (χ2n) is 5.99. The molecule has 1 heterocycles. The fourth-order valence-corrected chi connectivity index (χ4v) is 3.61. The molecule has 0 aliphatic heterocycles. The molecule has 2 N–H and O–H groups in total. The predicted octanol–water partition coefficient (Wildman–Crippen LogP) is 2.71. The van der Waals surface area contributed by atoms with E-state index >= 15 is 0 Å². The van der Waals surface area contributed by atoms with Crippen molar-refractivity contribution in [1.29, 1.82) is 0 Å². The fourth-order valence-electron chi connectivity index (χ4n) is 2.66. The standard InChI is InChI=1S/C16H21NO2S/c1-11-10-13(20-12(11)6-5-9-18)15(19)17-14-7-4-8-16(14,2)3/h10,14,18H,4,7-9H2,1-3H3,(H,17,19). The summed E-state index contributed by atoms with van der Waals surface area (Å²) in [4.78, 5) is 13.9. The van der Waals surface area contributed by atoms with E-state index in [-0.39, 0.29) is 24.0 Å². The molecule has 1 amide bonds. The second kappa shape index (κ2) is 5.99. The summed E-state index contributed by atoms with van der Waals surface area (Å²) in [6.07, 6.45) is 3.39. The number of aliphatic hydroxyl groups is 1. The summed E-state index contributed by atoms with van der Waals surface area (Å²) >= 11 is 1.39. The number of rotatable bonds is 2. The lowest BCUT2D eigenvalue weighted by molar-refractivity contribution is 0.0914. The van der Waals surface area contributed by atoms with Crippen molar-refractivity contribution in [2.75, 3.05) is 6.61 Å². The molecule has 2 rings (SSSR count). The van der Waals surface area contributed by atoms with Crippen LogP contribution >= 0.6 is 11.3 Å². The van der Waals surface area contributed by atoms with E-state index in [1.807, 2.05) is 13.0 Å². The van der Waals surface area contributed by atoms with Gasteiger partial charge in [0.25, 0.3) is 5.91 Å². The number of aryl methyl sites for hydroxylation is 1. The van der Waals surface area contributed by atoms with Crippen LogP contribution in [0.5, 0.6) is 0 Å². The summed E-state index contributed by atoms with van der Waals surface area (Å²) in [5, 5.41) is 11.9. The Morgan fingerprint density at radius 2 is 2.35 bits per heavy atom. The van der Waals surface area contributed by atoms with Crippen molar-refractivity contribution in [2.45, 2.75) is 46.1 Å². The molecule has 0 saturated heterocycles. The van der Waals surface area contributed by atoms with E-state index < -0.39 is 0 Å². The summed E-state index contributed by atoms with van der Waals surface area (Å²) < 4.78 is 0. The van der Waals surface area contributed by atoms with E-state index in [1.165, 1.54) is 17.8 Å². The molecule has 20 heavy (non-hydrogen) atoms. The third-order valence-corrected chi connectivity index (χ3v) is 5.14. The van der Waals surface area contributed by atoms with Crippen LogP contribution in [0.4, 0.5) is 0 Å². The largest absolute Gasteiger partial charge is 0.384 e. The first-order chi connectivity index (χ1) is 9.44. The minimum atomic E-state index is -0.158. The third kappa shape index (κ3) is 3.23. The predicted molar refractivity (Wildman–Crippen MR) is 81.9 cm³/mol. The van der Waals surface area contributed by atoms with Crippen molar-refractivity contribution in [3.8, 4) is 11.8 Å². The molecule has 1 aromatic rings. The number of aliphatic hydroxyl groups excluding tert-OH is 1. The lowest BCUT2D eigenvalue weighted by Gasteiger charge is -2.27. The average Bonchev–Trinajstić information content (AvgIpc) is 2.91. The van der Waals surface area contributed by atoms with E-state index in [1.54, 1.807) is 0 Å². The Hall–Kier alpha value is -1.31. The normalized spacial score (nSPS) is 20.3. The van der Waals surface area contributed by atoms with Gasteiger partial charge < -0.3 is 10.4 Å². The zero-order valence-corrected chi connectivity index (χ0v) is 13.1. The van der Waals surface area contributed by atoms with Crippen molar-refractivity contribution in [3.05, 3.63) is 21.4 Å². The van der Waals surface area contributed by atoms with Gasteiger partial charge in [-0.2, -0.15) is 0 Å². The van der Waals surface area contributed by atoms with E-state index in [2.05, 4.69) is 31.0 Å². The molecular weight excluding hydrogens is 270 g/mol. The highest BCUT2D eigenvalue weighted by atomic mass is 32.1. The topological polar surface area (TPSA) is 49.3 Å². The molecule has 1 aliphatic rings. The Bertz CT molecular complexity index is 563. The Balaban J connectivity index is 2.10. The van der Waals surface area contributed by atoms with Gasteiger partial charge in [0.1, 0.15) is 6.61 Å². The molecule has 3 nitrogen and oxygen atoms in total. The smallest absolute Gasteiger partial charge is 0.261 e. The molecule has 1 atom stereocenters. The summed E-state index contributed by atoms with van der Waals surface area (Å²) in [7, 11) is 0. The number of hydrogen-bond acceptors (Lipinski definition) is 3. The monoisotopic (exact) mass is 291 g/mol. The van der Waals surface area contributed by atoms with Gasteiger partial charge in [-0.05, 0) is 36.8 Å². The van der Waals surface area contributed by atoms with Gasteiger partial charge in [-0.15, -0.1) is 11.3 Å². The Morgan fingerprint density at radius 1 is 1.60 bits per heavy atom. The van der Waals surface area contributed by atoms with Crippen LogP contribution in [0.1, 0.15) is 53.2 Å².